The SMILES string of the molecule is COC1CN(c2nc(CO)cc3ccccc23)CCC1C. The van der Waals surface area contributed by atoms with Crippen LogP contribution in [0.3, 0.4) is 0 Å². The molecular weight excluding hydrogens is 264 g/mol. The summed E-state index contributed by atoms with van der Waals surface area (Å²) >= 11 is 0. The number of anilines is 1. The summed E-state index contributed by atoms with van der Waals surface area (Å²) in [6.07, 6.45) is 1.33. The van der Waals surface area contributed by atoms with Gasteiger partial charge in [-0.2, -0.15) is 0 Å². The number of aliphatic hydroxyl groups is 1. The molecule has 0 bridgehead atoms. The van der Waals surface area contributed by atoms with Gasteiger partial charge < -0.3 is 14.7 Å². The average Bonchev–Trinajstić information content (AvgIpc) is 2.54. The first-order valence-electron chi connectivity index (χ1n) is 7.50. The summed E-state index contributed by atoms with van der Waals surface area (Å²) in [5.41, 5.74) is 0.719. The molecule has 0 saturated carbocycles. The molecule has 4 nitrogen and oxygen atoms in total. The largest absolute Gasteiger partial charge is 0.390 e. The Balaban J connectivity index is 2.02. The van der Waals surface area contributed by atoms with Crippen molar-refractivity contribution in [3.63, 3.8) is 0 Å². The smallest absolute Gasteiger partial charge is 0.136 e. The fourth-order valence-corrected chi connectivity index (χ4v) is 3.09. The second kappa shape index (κ2) is 6.00. The number of hydrogen-bond acceptors (Lipinski definition) is 4. The minimum Gasteiger partial charge on any atom is -0.390 e. The quantitative estimate of drug-likeness (QED) is 0.942. The van der Waals surface area contributed by atoms with E-state index in [2.05, 4.69) is 28.9 Å². The number of methoxy groups -OCH3 is 1. The molecule has 0 radical (unpaired) electrons. The van der Waals surface area contributed by atoms with Crippen molar-refractivity contribution < 1.29 is 9.84 Å². The van der Waals surface area contributed by atoms with Gasteiger partial charge in [0.25, 0.3) is 0 Å². The van der Waals surface area contributed by atoms with E-state index in [-0.39, 0.29) is 12.7 Å². The number of piperidine rings is 1. The van der Waals surface area contributed by atoms with E-state index < -0.39 is 0 Å². The van der Waals surface area contributed by atoms with Gasteiger partial charge >= 0.3 is 0 Å². The molecule has 21 heavy (non-hydrogen) atoms. The molecule has 1 N–H and O–H groups in total. The highest BCUT2D eigenvalue weighted by molar-refractivity contribution is 5.92. The molecule has 1 saturated heterocycles. The summed E-state index contributed by atoms with van der Waals surface area (Å²) in [5.74, 6) is 1.53. The van der Waals surface area contributed by atoms with Crippen molar-refractivity contribution in [2.24, 2.45) is 5.92 Å². The molecule has 4 heteroatoms. The molecule has 1 aromatic carbocycles. The fourth-order valence-electron chi connectivity index (χ4n) is 3.09. The number of fused-ring (bicyclic) bond motifs is 1. The van der Waals surface area contributed by atoms with Crippen molar-refractivity contribution in [2.45, 2.75) is 26.1 Å². The fraction of sp³-hybridized carbons (Fsp3) is 0.471. The highest BCUT2D eigenvalue weighted by Crippen LogP contribution is 2.30. The zero-order valence-corrected chi connectivity index (χ0v) is 12.6. The van der Waals surface area contributed by atoms with Gasteiger partial charge in [-0.25, -0.2) is 4.98 Å². The first kappa shape index (κ1) is 14.3. The van der Waals surface area contributed by atoms with Gasteiger partial charge in [0, 0.05) is 25.6 Å². The second-order valence-corrected chi connectivity index (χ2v) is 5.80. The molecule has 0 aliphatic carbocycles. The van der Waals surface area contributed by atoms with E-state index in [1.807, 2.05) is 18.2 Å². The molecule has 0 spiro atoms. The van der Waals surface area contributed by atoms with E-state index in [0.717, 1.165) is 41.8 Å². The minimum atomic E-state index is -0.0320. The summed E-state index contributed by atoms with van der Waals surface area (Å²) in [7, 11) is 1.78. The lowest BCUT2D eigenvalue weighted by molar-refractivity contribution is 0.0497. The van der Waals surface area contributed by atoms with Crippen LogP contribution in [-0.4, -0.2) is 36.4 Å². The van der Waals surface area contributed by atoms with Crippen LogP contribution >= 0.6 is 0 Å². The molecule has 2 aromatic rings. The third-order valence-electron chi connectivity index (χ3n) is 4.43. The van der Waals surface area contributed by atoms with E-state index in [1.54, 1.807) is 7.11 Å². The Morgan fingerprint density at radius 1 is 1.38 bits per heavy atom. The summed E-state index contributed by atoms with van der Waals surface area (Å²) < 4.78 is 5.60. The Kier molecular flexibility index (Phi) is 4.08. The lowest BCUT2D eigenvalue weighted by Crippen LogP contribution is -2.44. The number of ether oxygens (including phenoxy) is 1. The molecule has 112 valence electrons. The molecule has 2 heterocycles. The van der Waals surface area contributed by atoms with Gasteiger partial charge in [0.05, 0.1) is 18.4 Å². The summed E-state index contributed by atoms with van der Waals surface area (Å²) in [4.78, 5) is 6.94. The van der Waals surface area contributed by atoms with Crippen LogP contribution in [0.15, 0.2) is 30.3 Å². The molecule has 1 aromatic heterocycles. The normalized spacial score (nSPS) is 22.7. The van der Waals surface area contributed by atoms with E-state index in [1.165, 1.54) is 0 Å². The number of rotatable bonds is 3. The minimum absolute atomic E-state index is 0.0320. The van der Waals surface area contributed by atoms with Crippen LogP contribution in [0.1, 0.15) is 19.0 Å². The molecule has 1 fully saturated rings. The number of aromatic nitrogens is 1. The molecular formula is C17H22N2O2. The number of pyridine rings is 1. The van der Waals surface area contributed by atoms with E-state index in [9.17, 15) is 5.11 Å². The number of benzene rings is 1. The van der Waals surface area contributed by atoms with Gasteiger partial charge in [0.2, 0.25) is 0 Å². The summed E-state index contributed by atoms with van der Waals surface area (Å²) in [6.45, 7) is 4.04. The topological polar surface area (TPSA) is 45.6 Å². The van der Waals surface area contributed by atoms with Crippen LogP contribution in [0.25, 0.3) is 10.8 Å². The lowest BCUT2D eigenvalue weighted by atomic mass is 9.95. The highest BCUT2D eigenvalue weighted by Gasteiger charge is 2.27. The summed E-state index contributed by atoms with van der Waals surface area (Å²) in [6, 6.07) is 10.2. The average molecular weight is 286 g/mol. The maximum absolute atomic E-state index is 9.45. The second-order valence-electron chi connectivity index (χ2n) is 5.80. The van der Waals surface area contributed by atoms with Crippen molar-refractivity contribution in [1.29, 1.82) is 0 Å². The van der Waals surface area contributed by atoms with Crippen molar-refractivity contribution >= 4 is 16.6 Å². The Morgan fingerprint density at radius 3 is 2.95 bits per heavy atom. The predicted octanol–water partition coefficient (Wildman–Crippen LogP) is 2.59. The monoisotopic (exact) mass is 286 g/mol. The Morgan fingerprint density at radius 2 is 2.19 bits per heavy atom. The van der Waals surface area contributed by atoms with E-state index >= 15 is 0 Å². The maximum Gasteiger partial charge on any atom is 0.136 e. The Labute approximate surface area is 125 Å². The molecule has 2 atom stereocenters. The zero-order chi connectivity index (χ0) is 14.8. The zero-order valence-electron chi connectivity index (χ0n) is 12.6. The van der Waals surface area contributed by atoms with Crippen molar-refractivity contribution in [1.82, 2.24) is 4.98 Å². The van der Waals surface area contributed by atoms with Gasteiger partial charge in [-0.3, -0.25) is 0 Å². The lowest BCUT2D eigenvalue weighted by Gasteiger charge is -2.37. The third kappa shape index (κ3) is 2.74. The van der Waals surface area contributed by atoms with E-state index in [4.69, 9.17) is 4.74 Å². The van der Waals surface area contributed by atoms with Crippen molar-refractivity contribution in [3.05, 3.63) is 36.0 Å². The van der Waals surface area contributed by atoms with Gasteiger partial charge in [0.15, 0.2) is 0 Å². The first-order chi connectivity index (χ1) is 10.2. The standard InChI is InChI=1S/C17H22N2O2/c1-12-7-8-19(10-16(12)21-2)17-15-6-4-3-5-13(15)9-14(11-20)18-17/h3-6,9,12,16,20H,7-8,10-11H2,1-2H3. The predicted molar refractivity (Wildman–Crippen MR) is 84.5 cm³/mol. The van der Waals surface area contributed by atoms with Crippen LogP contribution in [-0.2, 0) is 11.3 Å². The molecule has 2 unspecified atom stereocenters. The van der Waals surface area contributed by atoms with E-state index in [0.29, 0.717) is 5.92 Å². The van der Waals surface area contributed by atoms with Crippen molar-refractivity contribution in [3.8, 4) is 0 Å². The summed E-state index contributed by atoms with van der Waals surface area (Å²) in [5, 5.41) is 11.7. The van der Waals surface area contributed by atoms with Crippen molar-refractivity contribution in [2.75, 3.05) is 25.1 Å². The third-order valence-corrected chi connectivity index (χ3v) is 4.43. The van der Waals surface area contributed by atoms with Crippen LogP contribution in [0.5, 0.6) is 0 Å². The van der Waals surface area contributed by atoms with Crippen LogP contribution in [0, 0.1) is 5.92 Å². The first-order valence-corrected chi connectivity index (χ1v) is 7.50. The number of hydrogen-bond donors (Lipinski definition) is 1. The van der Waals surface area contributed by atoms with Crippen LogP contribution in [0.4, 0.5) is 5.82 Å². The number of nitrogens with zero attached hydrogens (tertiary/aromatic N) is 2. The Bertz CT molecular complexity index is 629. The number of aliphatic hydroxyl groups excluding tert-OH is 1. The van der Waals surface area contributed by atoms with Gasteiger partial charge in [-0.05, 0) is 23.8 Å². The Hall–Kier alpha value is -1.65. The van der Waals surface area contributed by atoms with Gasteiger partial charge in [0.1, 0.15) is 5.82 Å². The molecule has 1 aliphatic rings. The molecule has 0 amide bonds. The van der Waals surface area contributed by atoms with Gasteiger partial charge in [-0.15, -0.1) is 0 Å². The molecule has 3 rings (SSSR count). The van der Waals surface area contributed by atoms with Gasteiger partial charge in [-0.1, -0.05) is 31.2 Å². The highest BCUT2D eigenvalue weighted by atomic mass is 16.5. The van der Waals surface area contributed by atoms with Crippen LogP contribution in [0.2, 0.25) is 0 Å². The maximum atomic E-state index is 9.45. The van der Waals surface area contributed by atoms with Crippen LogP contribution < -0.4 is 4.90 Å². The molecule has 1 aliphatic heterocycles.